The van der Waals surface area contributed by atoms with E-state index in [4.69, 9.17) is 11.5 Å². The fraction of sp³-hybridized carbons (Fsp3) is 0.0741. The maximum atomic E-state index is 6.38. The molecule has 2 aromatic heterocycles. The van der Waals surface area contributed by atoms with Crippen molar-refractivity contribution in [1.82, 2.24) is 9.13 Å². The Balaban J connectivity index is 0.000000511. The second-order valence-corrected chi connectivity index (χ2v) is 14.1. The molecule has 0 radical (unpaired) electrons. The first-order valence-corrected chi connectivity index (χ1v) is 19.8. The van der Waals surface area contributed by atoms with E-state index < -0.39 is 0 Å². The van der Waals surface area contributed by atoms with Crippen molar-refractivity contribution in [2.45, 2.75) is 20.3 Å². The molecule has 0 amide bonds. The summed E-state index contributed by atoms with van der Waals surface area (Å²) in [7, 11) is 0. The Kier molecular flexibility index (Phi) is 12.3. The number of rotatable bonds is 10. The highest BCUT2D eigenvalue weighted by atomic mass is 15.0. The van der Waals surface area contributed by atoms with Crippen LogP contribution in [0.25, 0.3) is 73.6 Å². The highest BCUT2D eigenvalue weighted by Gasteiger charge is 2.15. The molecule has 58 heavy (non-hydrogen) atoms. The molecule has 0 fully saturated rings. The van der Waals surface area contributed by atoms with Crippen molar-refractivity contribution in [2.75, 3.05) is 6.54 Å². The van der Waals surface area contributed by atoms with Crippen molar-refractivity contribution >= 4 is 51.1 Å². The van der Waals surface area contributed by atoms with Gasteiger partial charge in [0.2, 0.25) is 0 Å². The van der Waals surface area contributed by atoms with Crippen LogP contribution in [0, 0.1) is 0 Å². The molecule has 4 N–H and O–H groups in total. The minimum absolute atomic E-state index is 0.580. The van der Waals surface area contributed by atoms with Crippen LogP contribution in [0.3, 0.4) is 0 Å². The Morgan fingerprint density at radius 2 is 1.29 bits per heavy atom. The normalized spacial score (nSPS) is 12.6. The molecule has 0 spiro atoms. The van der Waals surface area contributed by atoms with Gasteiger partial charge in [0.1, 0.15) is 0 Å². The second-order valence-electron chi connectivity index (χ2n) is 14.1. The van der Waals surface area contributed by atoms with Gasteiger partial charge in [-0.15, -0.1) is 0 Å². The average Bonchev–Trinajstić information content (AvgIpc) is 3.76. The molecule has 0 aliphatic heterocycles. The molecule has 4 nitrogen and oxygen atoms in total. The molecule has 0 atom stereocenters. The minimum atomic E-state index is 0.580. The van der Waals surface area contributed by atoms with Gasteiger partial charge in [-0.3, -0.25) is 0 Å². The summed E-state index contributed by atoms with van der Waals surface area (Å²) in [4.78, 5) is 0. The van der Waals surface area contributed by atoms with Crippen LogP contribution < -0.4 is 22.0 Å². The average molecular weight is 755 g/mol. The number of para-hydroxylation sites is 2. The highest BCUT2D eigenvalue weighted by Crippen LogP contribution is 2.35. The lowest BCUT2D eigenvalue weighted by molar-refractivity contribution is 1.07. The molecular weight excluding hydrogens is 705 g/mol. The van der Waals surface area contributed by atoms with Gasteiger partial charge in [-0.25, -0.2) is 0 Å². The fourth-order valence-corrected chi connectivity index (χ4v) is 7.52. The second kappa shape index (κ2) is 18.2. The Morgan fingerprint density at radius 1 is 0.638 bits per heavy atom. The lowest BCUT2D eigenvalue weighted by Gasteiger charge is -2.10. The maximum absolute atomic E-state index is 6.38. The van der Waals surface area contributed by atoms with Gasteiger partial charge in [-0.1, -0.05) is 153 Å². The summed E-state index contributed by atoms with van der Waals surface area (Å²) in [5, 5.41) is 5.72. The van der Waals surface area contributed by atoms with E-state index >= 15 is 0 Å². The molecule has 286 valence electrons. The van der Waals surface area contributed by atoms with Gasteiger partial charge in [0.15, 0.2) is 0 Å². The van der Waals surface area contributed by atoms with Crippen LogP contribution in [-0.4, -0.2) is 15.7 Å². The van der Waals surface area contributed by atoms with Crippen molar-refractivity contribution in [3.63, 3.8) is 0 Å². The van der Waals surface area contributed by atoms with Gasteiger partial charge in [0, 0.05) is 45.0 Å². The number of nitrogens with zero attached hydrogens (tertiary/aromatic N) is 2. The first-order valence-electron chi connectivity index (χ1n) is 19.8. The monoisotopic (exact) mass is 754 g/mol. The number of fused-ring (bicyclic) bond motifs is 4. The molecule has 6 aromatic carbocycles. The van der Waals surface area contributed by atoms with Crippen LogP contribution in [0.5, 0.6) is 0 Å². The van der Waals surface area contributed by atoms with Crippen molar-refractivity contribution in [1.29, 1.82) is 0 Å². The van der Waals surface area contributed by atoms with Gasteiger partial charge in [0.05, 0.1) is 21.9 Å². The molecule has 4 heteroatoms. The first-order chi connectivity index (χ1) is 28.4. The van der Waals surface area contributed by atoms with Crippen LogP contribution in [0.15, 0.2) is 200 Å². The van der Waals surface area contributed by atoms with Crippen LogP contribution in [-0.2, 0) is 6.42 Å². The van der Waals surface area contributed by atoms with E-state index in [9.17, 15) is 0 Å². The fourth-order valence-electron chi connectivity index (χ4n) is 7.52. The maximum Gasteiger partial charge on any atom is 0.0547 e. The zero-order valence-corrected chi connectivity index (χ0v) is 33.4. The Hall–Kier alpha value is -7.14. The van der Waals surface area contributed by atoms with Gasteiger partial charge in [-0.2, -0.15) is 0 Å². The standard InChI is InChI=1S/C46H37N3.C8H13N/c1-3-4-18-43-32(2)39-27-23-36(31-46(39)48(43)38-25-20-33(21-26-38)22-28-42(47)34-13-7-5-8-14-34)35-24-29-45-41(30-35)40-17-11-12-19-44(40)49(45)37-15-9-6-10-16-37;1-3-5-8(7-9)6-4-2/h3-21,23-31H,2,22,47H2,1H3;3-6H,1,7,9H2,2H3/b4-3-,42-28-,43-18+;6-4-,8-5+. The summed E-state index contributed by atoms with van der Waals surface area (Å²) < 4.78 is 4.69. The molecule has 0 unspecified atom stereocenters. The predicted molar refractivity (Wildman–Crippen MR) is 252 cm³/mol. The number of benzene rings is 6. The third-order valence-corrected chi connectivity index (χ3v) is 10.4. The number of aromatic nitrogens is 2. The minimum Gasteiger partial charge on any atom is -0.398 e. The number of hydrogen-bond acceptors (Lipinski definition) is 2. The Morgan fingerprint density at radius 3 is 2.00 bits per heavy atom. The van der Waals surface area contributed by atoms with Gasteiger partial charge in [0.25, 0.3) is 0 Å². The van der Waals surface area contributed by atoms with E-state index in [0.717, 1.165) is 56.1 Å². The SMILES string of the molecule is C=C/C=C(\C=C/C)CN.C=c1/c(=C\C=C/C)n(-c2ccc(C/C=C(\N)c3ccccc3)cc2)c2cc(-c3ccc4c(c3)c3ccccc3n4-c3ccccc3)ccc12. The molecular formula is C54H50N4. The lowest BCUT2D eigenvalue weighted by atomic mass is 10.0. The van der Waals surface area contributed by atoms with Crippen molar-refractivity contribution < 1.29 is 0 Å². The van der Waals surface area contributed by atoms with E-state index in [1.54, 1.807) is 6.08 Å². The van der Waals surface area contributed by atoms with Crippen molar-refractivity contribution in [3.8, 4) is 22.5 Å². The predicted octanol–water partition coefficient (Wildman–Crippen LogP) is 11.3. The summed E-state index contributed by atoms with van der Waals surface area (Å²) in [5.74, 6) is 0. The topological polar surface area (TPSA) is 61.9 Å². The molecule has 0 bridgehead atoms. The quantitative estimate of drug-likeness (QED) is 0.137. The molecule has 0 aliphatic carbocycles. The van der Waals surface area contributed by atoms with Gasteiger partial charge >= 0.3 is 0 Å². The highest BCUT2D eigenvalue weighted by molar-refractivity contribution is 6.10. The third kappa shape index (κ3) is 8.20. The van der Waals surface area contributed by atoms with Crippen LogP contribution >= 0.6 is 0 Å². The largest absolute Gasteiger partial charge is 0.398 e. The van der Waals surface area contributed by atoms with Crippen molar-refractivity contribution in [3.05, 3.63) is 222 Å². The lowest BCUT2D eigenvalue weighted by Crippen LogP contribution is -2.26. The zero-order valence-electron chi connectivity index (χ0n) is 33.4. The van der Waals surface area contributed by atoms with Crippen LogP contribution in [0.1, 0.15) is 25.0 Å². The van der Waals surface area contributed by atoms with E-state index in [1.807, 2.05) is 62.4 Å². The molecule has 0 aliphatic rings. The summed E-state index contributed by atoms with van der Waals surface area (Å²) in [6.07, 6.45) is 16.7. The number of nitrogens with two attached hydrogens (primary N) is 2. The number of allylic oxidation sites excluding steroid dienone is 6. The van der Waals surface area contributed by atoms with Gasteiger partial charge < -0.3 is 20.6 Å². The van der Waals surface area contributed by atoms with Crippen LogP contribution in [0.4, 0.5) is 0 Å². The summed E-state index contributed by atoms with van der Waals surface area (Å²) in [5.41, 5.74) is 24.0. The zero-order chi connectivity index (χ0) is 40.4. The van der Waals surface area contributed by atoms with E-state index in [0.29, 0.717) is 6.54 Å². The third-order valence-electron chi connectivity index (χ3n) is 10.4. The summed E-state index contributed by atoms with van der Waals surface area (Å²) in [6, 6.07) is 51.8. The van der Waals surface area contributed by atoms with Crippen molar-refractivity contribution in [2.24, 2.45) is 11.5 Å². The van der Waals surface area contributed by atoms with E-state index in [1.165, 1.54) is 38.5 Å². The van der Waals surface area contributed by atoms with Crippen LogP contribution in [0.2, 0.25) is 0 Å². The summed E-state index contributed by atoms with van der Waals surface area (Å²) in [6.45, 7) is 12.7. The molecule has 0 saturated carbocycles. The Labute approximate surface area is 341 Å². The number of hydrogen-bond donors (Lipinski definition) is 2. The molecule has 8 aromatic rings. The smallest absolute Gasteiger partial charge is 0.0547 e. The molecule has 8 rings (SSSR count). The Bertz CT molecular complexity index is 2940. The molecule has 2 heterocycles. The van der Waals surface area contributed by atoms with E-state index in [-0.39, 0.29) is 0 Å². The summed E-state index contributed by atoms with van der Waals surface area (Å²) >= 11 is 0. The van der Waals surface area contributed by atoms with E-state index in [2.05, 4.69) is 162 Å². The molecule has 0 saturated heterocycles. The van der Waals surface area contributed by atoms with Gasteiger partial charge in [-0.05, 0) is 103 Å². The first kappa shape index (κ1) is 39.1.